The van der Waals surface area contributed by atoms with Crippen molar-refractivity contribution in [3.63, 3.8) is 0 Å². The van der Waals surface area contributed by atoms with Gasteiger partial charge in [0.2, 0.25) is 0 Å². The molecular formula is C24H53NO4P+. The van der Waals surface area contributed by atoms with E-state index >= 15 is 0 Å². The molecule has 0 aliphatic carbocycles. The average molecular weight is 451 g/mol. The van der Waals surface area contributed by atoms with Crippen molar-refractivity contribution in [2.75, 3.05) is 40.4 Å². The van der Waals surface area contributed by atoms with Crippen molar-refractivity contribution >= 4 is 7.82 Å². The molecule has 1 N–H and O–H groups in total. The van der Waals surface area contributed by atoms with Gasteiger partial charge in [0.15, 0.2) is 0 Å². The summed E-state index contributed by atoms with van der Waals surface area (Å²) in [6.07, 6.45) is 21.0. The molecule has 0 aliphatic rings. The van der Waals surface area contributed by atoms with Gasteiger partial charge in [0, 0.05) is 0 Å². The van der Waals surface area contributed by atoms with Gasteiger partial charge in [-0.1, -0.05) is 103 Å². The van der Waals surface area contributed by atoms with E-state index in [1.54, 1.807) is 0 Å². The van der Waals surface area contributed by atoms with Crippen LogP contribution in [0.15, 0.2) is 0 Å². The van der Waals surface area contributed by atoms with E-state index in [1.807, 2.05) is 0 Å². The van der Waals surface area contributed by atoms with E-state index < -0.39 is 7.82 Å². The first-order chi connectivity index (χ1) is 14.3. The highest BCUT2D eigenvalue weighted by atomic mass is 31.2. The predicted molar refractivity (Wildman–Crippen MR) is 129 cm³/mol. The minimum absolute atomic E-state index is 0.244. The van der Waals surface area contributed by atoms with Gasteiger partial charge >= 0.3 is 7.82 Å². The van der Waals surface area contributed by atoms with Crippen molar-refractivity contribution in [1.29, 1.82) is 0 Å². The highest BCUT2D eigenvalue weighted by molar-refractivity contribution is 7.47. The Labute approximate surface area is 188 Å². The first-order valence-corrected chi connectivity index (χ1v) is 14.3. The molecule has 0 saturated carbocycles. The lowest BCUT2D eigenvalue weighted by Gasteiger charge is -2.28. The molecule has 0 rings (SSSR count). The van der Waals surface area contributed by atoms with E-state index in [9.17, 15) is 9.46 Å². The van der Waals surface area contributed by atoms with Crippen molar-refractivity contribution < 1.29 is 23.0 Å². The van der Waals surface area contributed by atoms with E-state index in [2.05, 4.69) is 27.9 Å². The van der Waals surface area contributed by atoms with Gasteiger partial charge in [-0.3, -0.25) is 9.05 Å². The highest BCUT2D eigenvalue weighted by Crippen LogP contribution is 2.43. The van der Waals surface area contributed by atoms with E-state index in [1.165, 1.54) is 89.9 Å². The molecule has 0 aromatic rings. The van der Waals surface area contributed by atoms with Gasteiger partial charge in [-0.25, -0.2) is 4.57 Å². The molecule has 6 heteroatoms. The third-order valence-electron chi connectivity index (χ3n) is 6.06. The molecular weight excluding hydrogens is 397 g/mol. The molecule has 0 bridgehead atoms. The predicted octanol–water partition coefficient (Wildman–Crippen LogP) is 7.48. The number of hydrogen-bond acceptors (Lipinski definition) is 3. The topological polar surface area (TPSA) is 55.8 Å². The number of rotatable bonds is 23. The van der Waals surface area contributed by atoms with Crippen molar-refractivity contribution in [1.82, 2.24) is 0 Å². The van der Waals surface area contributed by atoms with Crippen LogP contribution in [0.5, 0.6) is 0 Å². The van der Waals surface area contributed by atoms with Crippen LogP contribution in [0.1, 0.15) is 117 Å². The largest absolute Gasteiger partial charge is 0.472 e. The number of nitrogens with zero attached hydrogens (tertiary/aromatic N) is 1. The molecule has 5 nitrogen and oxygen atoms in total. The number of hydrogen-bond donors (Lipinski definition) is 1. The van der Waals surface area contributed by atoms with Crippen LogP contribution < -0.4 is 0 Å². The summed E-state index contributed by atoms with van der Waals surface area (Å²) in [6.45, 7) is 6.57. The Hall–Kier alpha value is 0.0700. The molecule has 0 aromatic carbocycles. The molecule has 182 valence electrons. The minimum atomic E-state index is -3.89. The Balaban J connectivity index is 3.33. The Bertz CT molecular complexity index is 418. The second-order valence-corrected chi connectivity index (χ2v) is 10.9. The quantitative estimate of drug-likeness (QED) is 0.0996. The summed E-state index contributed by atoms with van der Waals surface area (Å²) in [5, 5.41) is 0. The van der Waals surface area contributed by atoms with Crippen LogP contribution in [0.2, 0.25) is 0 Å². The molecule has 30 heavy (non-hydrogen) atoms. The van der Waals surface area contributed by atoms with Gasteiger partial charge in [0.1, 0.15) is 13.2 Å². The zero-order chi connectivity index (χ0) is 22.6. The van der Waals surface area contributed by atoms with Crippen LogP contribution in [0.3, 0.4) is 0 Å². The molecule has 0 saturated heterocycles. The van der Waals surface area contributed by atoms with Gasteiger partial charge in [-0.05, 0) is 13.3 Å². The molecule has 0 amide bonds. The second kappa shape index (κ2) is 19.7. The first-order valence-electron chi connectivity index (χ1n) is 12.8. The van der Waals surface area contributed by atoms with Crippen LogP contribution in [-0.2, 0) is 13.6 Å². The lowest BCUT2D eigenvalue weighted by Crippen LogP contribution is -2.41. The lowest BCUT2D eigenvalue weighted by molar-refractivity contribution is -0.888. The zero-order valence-corrected chi connectivity index (χ0v) is 21.6. The smallest absolute Gasteiger partial charge is 0.327 e. The number of likely N-dealkylation sites (N-methyl/N-ethyl adjacent to an activating group) is 1. The van der Waals surface area contributed by atoms with Crippen LogP contribution in [-0.4, -0.2) is 49.8 Å². The molecule has 1 atom stereocenters. The maximum absolute atomic E-state index is 11.9. The summed E-state index contributed by atoms with van der Waals surface area (Å²) in [7, 11) is 0.256. The van der Waals surface area contributed by atoms with Crippen LogP contribution in [0, 0.1) is 0 Å². The Morgan fingerprint density at radius 3 is 1.40 bits per heavy atom. The summed E-state index contributed by atoms with van der Waals surface area (Å²) in [5.41, 5.74) is 0. The maximum atomic E-state index is 11.9. The van der Waals surface area contributed by atoms with E-state index in [0.717, 1.165) is 23.9 Å². The van der Waals surface area contributed by atoms with Crippen molar-refractivity contribution in [3.05, 3.63) is 0 Å². The van der Waals surface area contributed by atoms with Crippen molar-refractivity contribution in [2.45, 2.75) is 117 Å². The molecule has 0 fully saturated rings. The Morgan fingerprint density at radius 1 is 0.633 bits per heavy atom. The van der Waals surface area contributed by atoms with Crippen LogP contribution in [0.4, 0.5) is 0 Å². The molecule has 0 radical (unpaired) electrons. The van der Waals surface area contributed by atoms with Crippen molar-refractivity contribution in [3.8, 4) is 0 Å². The lowest BCUT2D eigenvalue weighted by atomic mass is 10.0. The van der Waals surface area contributed by atoms with Crippen LogP contribution >= 0.6 is 7.82 Å². The Morgan fingerprint density at radius 2 is 1.00 bits per heavy atom. The zero-order valence-electron chi connectivity index (χ0n) is 20.7. The van der Waals surface area contributed by atoms with E-state index in [0.29, 0.717) is 13.2 Å². The minimum Gasteiger partial charge on any atom is -0.327 e. The standard InChI is InChI=1S/C24H52NO4P/c1-5-7-8-9-10-11-12-13-14-15-16-17-18-19-20-21-23-28-30(26,27)29-24-22-25(3,4)6-2/h5-24H2,1-4H3/p+1. The third-order valence-corrected chi connectivity index (χ3v) is 7.08. The maximum Gasteiger partial charge on any atom is 0.472 e. The summed E-state index contributed by atoms with van der Waals surface area (Å²) < 4.78 is 22.8. The van der Waals surface area contributed by atoms with E-state index in [-0.39, 0.29) is 6.61 Å². The number of unbranched alkanes of at least 4 members (excludes halogenated alkanes) is 15. The number of phosphoric ester groups is 1. The molecule has 0 spiro atoms. The van der Waals surface area contributed by atoms with Crippen LogP contribution in [0.25, 0.3) is 0 Å². The number of quaternary nitrogens is 1. The monoisotopic (exact) mass is 450 g/mol. The normalized spacial score (nSPS) is 14.2. The second-order valence-electron chi connectivity index (χ2n) is 9.41. The first kappa shape index (κ1) is 30.1. The van der Waals surface area contributed by atoms with E-state index in [4.69, 9.17) is 9.05 Å². The Kier molecular flexibility index (Phi) is 19.8. The molecule has 0 aliphatic heterocycles. The van der Waals surface area contributed by atoms with Gasteiger partial charge in [0.05, 0.1) is 27.2 Å². The summed E-state index contributed by atoms with van der Waals surface area (Å²) in [4.78, 5) is 9.71. The van der Waals surface area contributed by atoms with Gasteiger partial charge in [-0.15, -0.1) is 0 Å². The highest BCUT2D eigenvalue weighted by Gasteiger charge is 2.22. The summed E-state index contributed by atoms with van der Waals surface area (Å²) >= 11 is 0. The van der Waals surface area contributed by atoms with Gasteiger partial charge < -0.3 is 9.38 Å². The SMILES string of the molecule is CCCCCCCCCCCCCCCCCCOP(=O)(O)OCC[N+](C)(C)CC. The average Bonchev–Trinajstić information content (AvgIpc) is 2.70. The van der Waals surface area contributed by atoms with Gasteiger partial charge in [-0.2, -0.15) is 0 Å². The van der Waals surface area contributed by atoms with Gasteiger partial charge in [0.25, 0.3) is 0 Å². The van der Waals surface area contributed by atoms with Crippen molar-refractivity contribution in [2.24, 2.45) is 0 Å². The molecule has 0 aromatic heterocycles. The fraction of sp³-hybridized carbons (Fsp3) is 1.00. The number of phosphoric acid groups is 1. The molecule has 1 unspecified atom stereocenters. The summed E-state index contributed by atoms with van der Waals surface area (Å²) in [6, 6.07) is 0. The fourth-order valence-corrected chi connectivity index (χ4v) is 4.18. The third kappa shape index (κ3) is 21.3. The molecule has 0 heterocycles. The summed E-state index contributed by atoms with van der Waals surface area (Å²) in [5.74, 6) is 0. The fourth-order valence-electron chi connectivity index (χ4n) is 3.43.